The minimum Gasteiger partial charge on any atom is -0.399 e. The largest absolute Gasteiger partial charge is 0.399 e. The second kappa shape index (κ2) is 5.07. The number of benzene rings is 1. The van der Waals surface area contributed by atoms with Gasteiger partial charge in [0, 0.05) is 11.7 Å². The number of anilines is 2. The maximum atomic E-state index is 11.3. The molecule has 1 aromatic rings. The predicted molar refractivity (Wildman–Crippen MR) is 67.8 cm³/mol. The SMILES string of the molecule is CCC(C)Nc1c(Cl)cc(N)cc1C(N)=O. The van der Waals surface area contributed by atoms with Crippen LogP contribution in [-0.2, 0) is 0 Å². The first kappa shape index (κ1) is 12.6. The Labute approximate surface area is 100.0 Å². The summed E-state index contributed by atoms with van der Waals surface area (Å²) in [4.78, 5) is 11.3. The van der Waals surface area contributed by atoms with E-state index in [0.29, 0.717) is 22.0 Å². The molecule has 16 heavy (non-hydrogen) atoms. The Bertz CT molecular complexity index is 406. The van der Waals surface area contributed by atoms with Gasteiger partial charge in [0.15, 0.2) is 0 Å². The van der Waals surface area contributed by atoms with Gasteiger partial charge < -0.3 is 16.8 Å². The van der Waals surface area contributed by atoms with Crippen LogP contribution in [-0.4, -0.2) is 11.9 Å². The topological polar surface area (TPSA) is 81.1 Å². The van der Waals surface area contributed by atoms with E-state index in [1.807, 2.05) is 13.8 Å². The third kappa shape index (κ3) is 2.79. The summed E-state index contributed by atoms with van der Waals surface area (Å²) in [5.74, 6) is -0.542. The molecule has 0 aliphatic rings. The molecule has 1 rings (SSSR count). The van der Waals surface area contributed by atoms with Crippen molar-refractivity contribution in [1.29, 1.82) is 0 Å². The normalized spacial score (nSPS) is 12.2. The fraction of sp³-hybridized carbons (Fsp3) is 0.364. The minimum absolute atomic E-state index is 0.208. The summed E-state index contributed by atoms with van der Waals surface area (Å²) in [5.41, 5.74) is 12.2. The molecule has 0 aliphatic heterocycles. The van der Waals surface area contributed by atoms with Crippen molar-refractivity contribution in [3.05, 3.63) is 22.7 Å². The van der Waals surface area contributed by atoms with Crippen molar-refractivity contribution in [2.75, 3.05) is 11.1 Å². The van der Waals surface area contributed by atoms with Crippen molar-refractivity contribution in [1.82, 2.24) is 0 Å². The van der Waals surface area contributed by atoms with E-state index in [-0.39, 0.29) is 6.04 Å². The highest BCUT2D eigenvalue weighted by Gasteiger charge is 2.14. The molecule has 5 heteroatoms. The van der Waals surface area contributed by atoms with Crippen LogP contribution >= 0.6 is 11.6 Å². The first-order chi connectivity index (χ1) is 7.45. The molecule has 1 amide bonds. The lowest BCUT2D eigenvalue weighted by atomic mass is 10.1. The maximum absolute atomic E-state index is 11.3. The lowest BCUT2D eigenvalue weighted by Crippen LogP contribution is -2.20. The first-order valence-corrected chi connectivity index (χ1v) is 5.48. The Balaban J connectivity index is 3.19. The number of primary amides is 1. The van der Waals surface area contributed by atoms with Crippen molar-refractivity contribution in [2.45, 2.75) is 26.3 Å². The summed E-state index contributed by atoms with van der Waals surface area (Å²) in [6, 6.07) is 3.33. The predicted octanol–water partition coefficient (Wildman–Crippen LogP) is 2.23. The summed E-state index contributed by atoms with van der Waals surface area (Å²) in [6.07, 6.45) is 0.916. The van der Waals surface area contributed by atoms with Gasteiger partial charge in [-0.15, -0.1) is 0 Å². The number of hydrogen-bond donors (Lipinski definition) is 3. The number of hydrogen-bond acceptors (Lipinski definition) is 3. The van der Waals surface area contributed by atoms with Crippen LogP contribution in [0.4, 0.5) is 11.4 Å². The van der Waals surface area contributed by atoms with Gasteiger partial charge in [-0.3, -0.25) is 4.79 Å². The van der Waals surface area contributed by atoms with E-state index in [0.717, 1.165) is 6.42 Å². The van der Waals surface area contributed by atoms with Crippen LogP contribution in [0.15, 0.2) is 12.1 Å². The van der Waals surface area contributed by atoms with Gasteiger partial charge in [-0.05, 0) is 25.5 Å². The van der Waals surface area contributed by atoms with Crippen molar-refractivity contribution in [2.24, 2.45) is 5.73 Å². The zero-order valence-electron chi connectivity index (χ0n) is 9.38. The monoisotopic (exact) mass is 241 g/mol. The fourth-order valence-corrected chi connectivity index (χ4v) is 1.60. The highest BCUT2D eigenvalue weighted by atomic mass is 35.5. The zero-order valence-corrected chi connectivity index (χ0v) is 10.1. The summed E-state index contributed by atoms with van der Waals surface area (Å²) in [5, 5.41) is 3.56. The summed E-state index contributed by atoms with van der Waals surface area (Å²) in [7, 11) is 0. The number of nitrogens with two attached hydrogens (primary N) is 2. The van der Waals surface area contributed by atoms with Crippen LogP contribution in [0.3, 0.4) is 0 Å². The highest BCUT2D eigenvalue weighted by Crippen LogP contribution is 2.29. The highest BCUT2D eigenvalue weighted by molar-refractivity contribution is 6.34. The second-order valence-electron chi connectivity index (χ2n) is 3.74. The summed E-state index contributed by atoms with van der Waals surface area (Å²) < 4.78 is 0. The number of halogens is 1. The number of rotatable bonds is 4. The molecule has 0 fully saturated rings. The van der Waals surface area contributed by atoms with Crippen LogP contribution in [0.5, 0.6) is 0 Å². The Kier molecular flexibility index (Phi) is 4.01. The van der Waals surface area contributed by atoms with Gasteiger partial charge in [-0.1, -0.05) is 18.5 Å². The Morgan fingerprint density at radius 2 is 2.19 bits per heavy atom. The first-order valence-electron chi connectivity index (χ1n) is 5.11. The quantitative estimate of drug-likeness (QED) is 0.707. The Morgan fingerprint density at radius 1 is 1.56 bits per heavy atom. The van der Waals surface area contributed by atoms with E-state index in [1.54, 1.807) is 6.07 Å². The number of carbonyl (C=O) groups excluding carboxylic acids is 1. The van der Waals surface area contributed by atoms with Crippen molar-refractivity contribution >= 4 is 28.9 Å². The fourth-order valence-electron chi connectivity index (χ4n) is 1.32. The third-order valence-corrected chi connectivity index (χ3v) is 2.68. The van der Waals surface area contributed by atoms with E-state index in [9.17, 15) is 4.79 Å². The number of carbonyl (C=O) groups is 1. The minimum atomic E-state index is -0.542. The van der Waals surface area contributed by atoms with Crippen LogP contribution in [0.25, 0.3) is 0 Å². The van der Waals surface area contributed by atoms with Gasteiger partial charge in [0.1, 0.15) is 0 Å². The molecule has 5 N–H and O–H groups in total. The molecule has 4 nitrogen and oxygen atoms in total. The molecule has 0 bridgehead atoms. The van der Waals surface area contributed by atoms with Crippen molar-refractivity contribution < 1.29 is 4.79 Å². The summed E-state index contributed by atoms with van der Waals surface area (Å²) >= 11 is 6.03. The smallest absolute Gasteiger partial charge is 0.250 e. The number of amides is 1. The van der Waals surface area contributed by atoms with E-state index < -0.39 is 5.91 Å². The molecule has 0 saturated carbocycles. The molecule has 0 saturated heterocycles. The average molecular weight is 242 g/mol. The molecule has 0 spiro atoms. The lowest BCUT2D eigenvalue weighted by Gasteiger charge is -2.17. The van der Waals surface area contributed by atoms with E-state index >= 15 is 0 Å². The molecule has 0 aliphatic carbocycles. The van der Waals surface area contributed by atoms with Gasteiger partial charge in [0.25, 0.3) is 5.91 Å². The standard InChI is InChI=1S/C11H16ClN3O/c1-3-6(2)15-10-8(11(14)16)4-7(13)5-9(10)12/h4-6,15H,3,13H2,1-2H3,(H2,14,16). The van der Waals surface area contributed by atoms with Crippen LogP contribution < -0.4 is 16.8 Å². The molecule has 88 valence electrons. The van der Waals surface area contributed by atoms with Crippen molar-refractivity contribution in [3.63, 3.8) is 0 Å². The van der Waals surface area contributed by atoms with Crippen LogP contribution in [0, 0.1) is 0 Å². The van der Waals surface area contributed by atoms with Crippen molar-refractivity contribution in [3.8, 4) is 0 Å². The molecule has 1 unspecified atom stereocenters. The second-order valence-corrected chi connectivity index (χ2v) is 4.15. The van der Waals surface area contributed by atoms with Gasteiger partial charge in [0.2, 0.25) is 0 Å². The van der Waals surface area contributed by atoms with Gasteiger partial charge >= 0.3 is 0 Å². The van der Waals surface area contributed by atoms with Crippen LogP contribution in [0.1, 0.15) is 30.6 Å². The molecule has 0 heterocycles. The maximum Gasteiger partial charge on any atom is 0.250 e. The average Bonchev–Trinajstić information content (AvgIpc) is 2.20. The molecule has 0 aromatic heterocycles. The molecule has 0 radical (unpaired) electrons. The van der Waals surface area contributed by atoms with Gasteiger partial charge in [0.05, 0.1) is 16.3 Å². The van der Waals surface area contributed by atoms with Gasteiger partial charge in [-0.2, -0.15) is 0 Å². The van der Waals surface area contributed by atoms with E-state index in [4.69, 9.17) is 23.1 Å². The molecular formula is C11H16ClN3O. The zero-order chi connectivity index (χ0) is 12.3. The Morgan fingerprint density at radius 3 is 2.69 bits per heavy atom. The van der Waals surface area contributed by atoms with Gasteiger partial charge in [-0.25, -0.2) is 0 Å². The third-order valence-electron chi connectivity index (χ3n) is 2.38. The number of nitrogen functional groups attached to an aromatic ring is 1. The molecule has 1 aromatic carbocycles. The molecule has 1 atom stereocenters. The lowest BCUT2D eigenvalue weighted by molar-refractivity contribution is 0.100. The number of nitrogens with one attached hydrogen (secondary N) is 1. The summed E-state index contributed by atoms with van der Waals surface area (Å²) in [6.45, 7) is 4.03. The van der Waals surface area contributed by atoms with Crippen LogP contribution in [0.2, 0.25) is 5.02 Å². The Hall–Kier alpha value is -1.42. The van der Waals surface area contributed by atoms with E-state index in [2.05, 4.69) is 5.32 Å². The van der Waals surface area contributed by atoms with E-state index in [1.165, 1.54) is 6.07 Å². The molecular weight excluding hydrogens is 226 g/mol.